The summed E-state index contributed by atoms with van der Waals surface area (Å²) in [5.41, 5.74) is 3.66. The van der Waals surface area contributed by atoms with Gasteiger partial charge in [0.15, 0.2) is 0 Å². The van der Waals surface area contributed by atoms with Crippen LogP contribution in [-0.2, 0) is 10.0 Å². The molecule has 0 spiro atoms. The van der Waals surface area contributed by atoms with E-state index in [4.69, 9.17) is 0 Å². The number of hydrogen-bond acceptors (Lipinski definition) is 2. The number of fused-ring (bicyclic) bond motifs is 1. The maximum atomic E-state index is 13.0. The summed E-state index contributed by atoms with van der Waals surface area (Å²) in [5, 5.41) is 0. The second kappa shape index (κ2) is 4.88. The summed E-state index contributed by atoms with van der Waals surface area (Å²) in [6.07, 6.45) is 0. The van der Waals surface area contributed by atoms with Crippen molar-refractivity contribution in [3.8, 4) is 0 Å². The van der Waals surface area contributed by atoms with Gasteiger partial charge in [0.05, 0.1) is 10.6 Å². The van der Waals surface area contributed by atoms with Crippen LogP contribution in [0.1, 0.15) is 29.5 Å². The first-order chi connectivity index (χ1) is 9.91. The van der Waals surface area contributed by atoms with Crippen molar-refractivity contribution in [1.82, 2.24) is 0 Å². The maximum absolute atomic E-state index is 13.0. The van der Waals surface area contributed by atoms with Gasteiger partial charge in [-0.3, -0.25) is 4.31 Å². The quantitative estimate of drug-likeness (QED) is 0.849. The second-order valence-electron chi connectivity index (χ2n) is 5.76. The predicted molar refractivity (Wildman–Crippen MR) is 85.3 cm³/mol. The van der Waals surface area contributed by atoms with Crippen LogP contribution in [0.2, 0.25) is 0 Å². The molecule has 0 aromatic heterocycles. The summed E-state index contributed by atoms with van der Waals surface area (Å²) in [6, 6.07) is 13.3. The molecule has 2 aromatic rings. The van der Waals surface area contributed by atoms with Crippen molar-refractivity contribution in [2.24, 2.45) is 0 Å². The molecule has 1 unspecified atom stereocenters. The Labute approximate surface area is 126 Å². The number of sulfonamides is 1. The highest BCUT2D eigenvalue weighted by Gasteiger charge is 2.35. The van der Waals surface area contributed by atoms with Crippen LogP contribution in [-0.4, -0.2) is 15.0 Å². The lowest BCUT2D eigenvalue weighted by molar-refractivity contribution is 0.589. The standard InChI is InChI=1S/C17H19NO2S/c1-12-8-9-13(2)17(10-12)21(19,20)18-11-14(3)15-6-4-5-7-16(15)18/h4-10,14H,11H2,1-3H3. The van der Waals surface area contributed by atoms with Crippen LogP contribution in [0, 0.1) is 13.8 Å². The number of rotatable bonds is 2. The molecular formula is C17H19NO2S. The Morgan fingerprint density at radius 1 is 1.10 bits per heavy atom. The fourth-order valence-electron chi connectivity index (χ4n) is 2.91. The molecule has 110 valence electrons. The lowest BCUT2D eigenvalue weighted by Gasteiger charge is -2.21. The number of benzene rings is 2. The van der Waals surface area contributed by atoms with Crippen molar-refractivity contribution in [2.45, 2.75) is 31.6 Å². The Bertz CT molecular complexity index is 796. The zero-order valence-corrected chi connectivity index (χ0v) is 13.3. The van der Waals surface area contributed by atoms with Gasteiger partial charge in [0.1, 0.15) is 0 Å². The topological polar surface area (TPSA) is 37.4 Å². The van der Waals surface area contributed by atoms with Crippen LogP contribution in [0.4, 0.5) is 5.69 Å². The molecule has 0 bridgehead atoms. The number of hydrogen-bond donors (Lipinski definition) is 0. The van der Waals surface area contributed by atoms with Gasteiger partial charge in [0.25, 0.3) is 10.0 Å². The molecule has 2 aromatic carbocycles. The molecule has 3 nitrogen and oxygen atoms in total. The van der Waals surface area contributed by atoms with Crippen LogP contribution in [0.3, 0.4) is 0 Å². The highest BCUT2D eigenvalue weighted by Crippen LogP contribution is 2.39. The first kappa shape index (κ1) is 14.1. The summed E-state index contributed by atoms with van der Waals surface area (Å²) in [6.45, 7) is 6.34. The van der Waals surface area contributed by atoms with Crippen molar-refractivity contribution in [1.29, 1.82) is 0 Å². The molecule has 1 heterocycles. The minimum absolute atomic E-state index is 0.223. The molecule has 0 radical (unpaired) electrons. The highest BCUT2D eigenvalue weighted by molar-refractivity contribution is 7.93. The normalized spacial score (nSPS) is 17.9. The maximum Gasteiger partial charge on any atom is 0.264 e. The van der Waals surface area contributed by atoms with Crippen molar-refractivity contribution in [2.75, 3.05) is 10.8 Å². The first-order valence-corrected chi connectivity index (χ1v) is 8.54. The van der Waals surface area contributed by atoms with Crippen LogP contribution in [0.5, 0.6) is 0 Å². The molecule has 0 saturated carbocycles. The third-order valence-corrected chi connectivity index (χ3v) is 6.01. The van der Waals surface area contributed by atoms with E-state index in [1.165, 1.54) is 0 Å². The van der Waals surface area contributed by atoms with Crippen LogP contribution >= 0.6 is 0 Å². The Hall–Kier alpha value is -1.81. The Kier molecular flexibility index (Phi) is 3.29. The Morgan fingerprint density at radius 3 is 2.57 bits per heavy atom. The van der Waals surface area contributed by atoms with E-state index in [9.17, 15) is 8.42 Å². The molecule has 3 rings (SSSR count). The van der Waals surface area contributed by atoms with Gasteiger partial charge in [-0.2, -0.15) is 0 Å². The second-order valence-corrected chi connectivity index (χ2v) is 7.60. The molecule has 0 N–H and O–H groups in total. The lowest BCUT2D eigenvalue weighted by Crippen LogP contribution is -2.30. The van der Waals surface area contributed by atoms with Gasteiger partial charge in [-0.1, -0.05) is 37.3 Å². The third-order valence-electron chi connectivity index (χ3n) is 4.09. The molecular weight excluding hydrogens is 282 g/mol. The lowest BCUT2D eigenvalue weighted by atomic mass is 10.0. The van der Waals surface area contributed by atoms with Gasteiger partial charge in [-0.25, -0.2) is 8.42 Å². The predicted octanol–water partition coefficient (Wildman–Crippen LogP) is 3.62. The number of anilines is 1. The summed E-state index contributed by atoms with van der Waals surface area (Å²) < 4.78 is 27.6. The van der Waals surface area contributed by atoms with E-state index in [2.05, 4.69) is 6.92 Å². The van der Waals surface area contributed by atoms with Gasteiger partial charge in [-0.15, -0.1) is 0 Å². The summed E-state index contributed by atoms with van der Waals surface area (Å²) in [4.78, 5) is 0.409. The summed E-state index contributed by atoms with van der Waals surface area (Å²) >= 11 is 0. The molecule has 1 atom stereocenters. The summed E-state index contributed by atoms with van der Waals surface area (Å²) in [5.74, 6) is 0.223. The average Bonchev–Trinajstić information content (AvgIpc) is 2.80. The molecule has 0 saturated heterocycles. The van der Waals surface area contributed by atoms with Gasteiger partial charge in [0, 0.05) is 12.5 Å². The van der Waals surface area contributed by atoms with E-state index in [0.717, 1.165) is 22.4 Å². The zero-order chi connectivity index (χ0) is 15.2. The van der Waals surface area contributed by atoms with E-state index in [1.807, 2.05) is 50.2 Å². The van der Waals surface area contributed by atoms with Crippen LogP contribution < -0.4 is 4.31 Å². The molecule has 0 aliphatic carbocycles. The largest absolute Gasteiger partial charge is 0.265 e. The van der Waals surface area contributed by atoms with E-state index < -0.39 is 10.0 Å². The number of aryl methyl sites for hydroxylation is 2. The molecule has 4 heteroatoms. The van der Waals surface area contributed by atoms with E-state index in [-0.39, 0.29) is 5.92 Å². The van der Waals surface area contributed by atoms with Crippen molar-refractivity contribution < 1.29 is 8.42 Å². The molecule has 0 fully saturated rings. The van der Waals surface area contributed by atoms with Gasteiger partial charge in [0.2, 0.25) is 0 Å². The van der Waals surface area contributed by atoms with E-state index >= 15 is 0 Å². The Morgan fingerprint density at radius 2 is 1.81 bits per heavy atom. The third kappa shape index (κ3) is 2.23. The van der Waals surface area contributed by atoms with Gasteiger partial charge >= 0.3 is 0 Å². The van der Waals surface area contributed by atoms with E-state index in [0.29, 0.717) is 11.4 Å². The van der Waals surface area contributed by atoms with Crippen molar-refractivity contribution in [3.05, 3.63) is 59.2 Å². The van der Waals surface area contributed by atoms with E-state index in [1.54, 1.807) is 10.4 Å². The highest BCUT2D eigenvalue weighted by atomic mass is 32.2. The monoisotopic (exact) mass is 301 g/mol. The SMILES string of the molecule is Cc1ccc(C)c(S(=O)(=O)N2CC(C)c3ccccc32)c1. The zero-order valence-electron chi connectivity index (χ0n) is 12.5. The van der Waals surface area contributed by atoms with Crippen LogP contribution in [0.25, 0.3) is 0 Å². The Balaban J connectivity index is 2.14. The fraction of sp³-hybridized carbons (Fsp3) is 0.294. The number of nitrogens with zero attached hydrogens (tertiary/aromatic N) is 1. The smallest absolute Gasteiger partial charge is 0.264 e. The minimum atomic E-state index is -3.50. The van der Waals surface area contributed by atoms with Crippen LogP contribution in [0.15, 0.2) is 47.4 Å². The molecule has 21 heavy (non-hydrogen) atoms. The average molecular weight is 301 g/mol. The summed E-state index contributed by atoms with van der Waals surface area (Å²) in [7, 11) is -3.50. The van der Waals surface area contributed by atoms with Gasteiger partial charge < -0.3 is 0 Å². The minimum Gasteiger partial charge on any atom is -0.265 e. The van der Waals surface area contributed by atoms with Gasteiger partial charge in [-0.05, 0) is 42.7 Å². The fourth-order valence-corrected chi connectivity index (χ4v) is 4.80. The number of para-hydroxylation sites is 1. The molecule has 1 aliphatic heterocycles. The van der Waals surface area contributed by atoms with Crippen molar-refractivity contribution in [3.63, 3.8) is 0 Å². The molecule has 0 amide bonds. The molecule has 1 aliphatic rings. The first-order valence-electron chi connectivity index (χ1n) is 7.10. The van der Waals surface area contributed by atoms with Crippen molar-refractivity contribution >= 4 is 15.7 Å².